The first-order valence-electron chi connectivity index (χ1n) is 3.19. The summed E-state index contributed by atoms with van der Waals surface area (Å²) in [6.45, 7) is 1.67. The third-order valence-corrected chi connectivity index (χ3v) is 2.06. The average molecular weight is 145 g/mol. The molecular weight excluding hydrogens is 134 g/mol. The molecule has 1 fully saturated rings. The molecule has 52 valence electrons. The molecular formula is C6H11NOS. The van der Waals surface area contributed by atoms with Crippen molar-refractivity contribution in [2.45, 2.75) is 6.42 Å². The molecule has 1 saturated heterocycles. The van der Waals surface area contributed by atoms with Crippen molar-refractivity contribution >= 4 is 18.4 Å². The molecule has 9 heavy (non-hydrogen) atoms. The molecule has 1 rings (SSSR count). The molecule has 0 aromatic carbocycles. The van der Waals surface area contributed by atoms with E-state index in [1.165, 1.54) is 0 Å². The van der Waals surface area contributed by atoms with Crippen LogP contribution in [-0.2, 0) is 4.79 Å². The fraction of sp³-hybridized carbons (Fsp3) is 0.833. The molecule has 0 aromatic rings. The van der Waals surface area contributed by atoms with Crippen LogP contribution in [0.5, 0.6) is 0 Å². The fourth-order valence-electron chi connectivity index (χ4n) is 0.972. The Hall–Kier alpha value is -0.0200. The molecule has 1 unspecified atom stereocenters. The lowest BCUT2D eigenvalue weighted by Gasteiger charge is -2.18. The van der Waals surface area contributed by atoms with Gasteiger partial charge in [-0.2, -0.15) is 12.6 Å². The van der Waals surface area contributed by atoms with Crippen molar-refractivity contribution in [3.63, 3.8) is 0 Å². The zero-order valence-electron chi connectivity index (χ0n) is 5.26. The third-order valence-electron chi connectivity index (χ3n) is 1.61. The molecule has 1 atom stereocenters. The van der Waals surface area contributed by atoms with E-state index in [4.69, 9.17) is 0 Å². The van der Waals surface area contributed by atoms with Gasteiger partial charge in [-0.05, 0) is 0 Å². The van der Waals surface area contributed by atoms with E-state index in [1.54, 1.807) is 0 Å². The topological polar surface area (TPSA) is 29.1 Å². The molecule has 0 radical (unpaired) electrons. The van der Waals surface area contributed by atoms with Crippen LogP contribution in [0.2, 0.25) is 0 Å². The Labute approximate surface area is 60.4 Å². The number of Topliss-reactive ketones (excluding diaryl/α,β-unsaturated/α-hetero) is 1. The maximum Gasteiger partial charge on any atom is 0.139 e. The van der Waals surface area contributed by atoms with Gasteiger partial charge in [-0.25, -0.2) is 0 Å². The minimum Gasteiger partial charge on any atom is -0.316 e. The second-order valence-corrected chi connectivity index (χ2v) is 2.67. The van der Waals surface area contributed by atoms with Crippen LogP contribution in [0.15, 0.2) is 0 Å². The SMILES string of the molecule is O=C1CCNCC1CS. The number of ketones is 1. The maximum absolute atomic E-state index is 10.9. The first kappa shape index (κ1) is 7.09. The second-order valence-electron chi connectivity index (χ2n) is 2.30. The van der Waals surface area contributed by atoms with Gasteiger partial charge in [-0.1, -0.05) is 0 Å². The van der Waals surface area contributed by atoms with Gasteiger partial charge in [0.05, 0.1) is 0 Å². The highest BCUT2D eigenvalue weighted by Crippen LogP contribution is 2.06. The van der Waals surface area contributed by atoms with Gasteiger partial charge in [-0.15, -0.1) is 0 Å². The van der Waals surface area contributed by atoms with E-state index in [0.29, 0.717) is 18.0 Å². The first-order valence-corrected chi connectivity index (χ1v) is 3.82. The van der Waals surface area contributed by atoms with Gasteiger partial charge in [-0.3, -0.25) is 4.79 Å². The van der Waals surface area contributed by atoms with Gasteiger partial charge >= 0.3 is 0 Å². The van der Waals surface area contributed by atoms with E-state index in [1.807, 2.05) is 0 Å². The second kappa shape index (κ2) is 3.22. The van der Waals surface area contributed by atoms with E-state index >= 15 is 0 Å². The van der Waals surface area contributed by atoms with Crippen LogP contribution in [0.4, 0.5) is 0 Å². The molecule has 3 heteroatoms. The number of hydrogen-bond donors (Lipinski definition) is 2. The lowest BCUT2D eigenvalue weighted by Crippen LogP contribution is -2.37. The number of carbonyl (C=O) groups is 1. The smallest absolute Gasteiger partial charge is 0.139 e. The van der Waals surface area contributed by atoms with Crippen LogP contribution in [0.25, 0.3) is 0 Å². The van der Waals surface area contributed by atoms with Crippen molar-refractivity contribution in [1.82, 2.24) is 5.32 Å². The van der Waals surface area contributed by atoms with E-state index < -0.39 is 0 Å². The number of hydrogen-bond acceptors (Lipinski definition) is 3. The normalized spacial score (nSPS) is 28.6. The summed E-state index contributed by atoms with van der Waals surface area (Å²) >= 11 is 4.06. The number of carbonyl (C=O) groups excluding carboxylic acids is 1. The van der Waals surface area contributed by atoms with E-state index in [9.17, 15) is 4.79 Å². The summed E-state index contributed by atoms with van der Waals surface area (Å²) in [5.41, 5.74) is 0. The molecule has 1 aliphatic rings. The Bertz CT molecular complexity index is 116. The Morgan fingerprint density at radius 3 is 3.00 bits per heavy atom. The summed E-state index contributed by atoms with van der Waals surface area (Å²) in [5, 5.41) is 3.15. The van der Waals surface area contributed by atoms with Crippen molar-refractivity contribution < 1.29 is 4.79 Å². The van der Waals surface area contributed by atoms with Gasteiger partial charge in [0.1, 0.15) is 5.78 Å². The molecule has 0 aromatic heterocycles. The van der Waals surface area contributed by atoms with Gasteiger partial charge in [0.25, 0.3) is 0 Å². The van der Waals surface area contributed by atoms with E-state index in [0.717, 1.165) is 13.1 Å². The van der Waals surface area contributed by atoms with Gasteiger partial charge in [0.15, 0.2) is 0 Å². The highest BCUT2D eigenvalue weighted by molar-refractivity contribution is 7.80. The summed E-state index contributed by atoms with van der Waals surface area (Å²) in [5.74, 6) is 1.22. The summed E-state index contributed by atoms with van der Waals surface area (Å²) in [7, 11) is 0. The zero-order chi connectivity index (χ0) is 6.69. The standard InChI is InChI=1S/C6H11NOS/c8-6-1-2-7-3-5(6)4-9/h5,7,9H,1-4H2. The predicted octanol–water partition coefficient (Wildman–Crippen LogP) is 0.0948. The molecule has 1 aliphatic heterocycles. The van der Waals surface area contributed by atoms with Crippen LogP contribution in [0.1, 0.15) is 6.42 Å². The molecule has 1 heterocycles. The Kier molecular flexibility index (Phi) is 2.54. The lowest BCUT2D eigenvalue weighted by atomic mass is 10.0. The highest BCUT2D eigenvalue weighted by atomic mass is 32.1. The van der Waals surface area contributed by atoms with Crippen molar-refractivity contribution in [2.75, 3.05) is 18.8 Å². The summed E-state index contributed by atoms with van der Waals surface area (Å²) in [6, 6.07) is 0. The summed E-state index contributed by atoms with van der Waals surface area (Å²) in [4.78, 5) is 10.9. The van der Waals surface area contributed by atoms with Gasteiger partial charge in [0.2, 0.25) is 0 Å². The van der Waals surface area contributed by atoms with Gasteiger partial charge in [0, 0.05) is 31.2 Å². The number of thiol groups is 1. The molecule has 0 spiro atoms. The molecule has 0 saturated carbocycles. The minimum atomic E-state index is 0.169. The first-order chi connectivity index (χ1) is 4.34. The monoisotopic (exact) mass is 145 g/mol. The highest BCUT2D eigenvalue weighted by Gasteiger charge is 2.19. The quantitative estimate of drug-likeness (QED) is 0.512. The Morgan fingerprint density at radius 1 is 1.78 bits per heavy atom. The largest absolute Gasteiger partial charge is 0.316 e. The van der Waals surface area contributed by atoms with Crippen LogP contribution >= 0.6 is 12.6 Å². The Balaban J connectivity index is 2.39. The van der Waals surface area contributed by atoms with Crippen molar-refractivity contribution in [2.24, 2.45) is 5.92 Å². The van der Waals surface area contributed by atoms with Crippen LogP contribution < -0.4 is 5.32 Å². The molecule has 0 aliphatic carbocycles. The predicted molar refractivity (Wildman–Crippen MR) is 39.8 cm³/mol. The summed E-state index contributed by atoms with van der Waals surface area (Å²) in [6.07, 6.45) is 0.686. The lowest BCUT2D eigenvalue weighted by molar-refractivity contribution is -0.123. The molecule has 0 bridgehead atoms. The zero-order valence-corrected chi connectivity index (χ0v) is 6.16. The maximum atomic E-state index is 10.9. The molecule has 2 nitrogen and oxygen atoms in total. The van der Waals surface area contributed by atoms with E-state index in [2.05, 4.69) is 17.9 Å². The van der Waals surface area contributed by atoms with Gasteiger partial charge < -0.3 is 5.32 Å². The third kappa shape index (κ3) is 1.69. The number of piperidine rings is 1. The minimum absolute atomic E-state index is 0.169. The number of nitrogens with one attached hydrogen (secondary N) is 1. The van der Waals surface area contributed by atoms with Crippen LogP contribution in [0.3, 0.4) is 0 Å². The van der Waals surface area contributed by atoms with E-state index in [-0.39, 0.29) is 5.92 Å². The van der Waals surface area contributed by atoms with Crippen LogP contribution in [-0.4, -0.2) is 24.6 Å². The van der Waals surface area contributed by atoms with Crippen molar-refractivity contribution in [3.8, 4) is 0 Å². The Morgan fingerprint density at radius 2 is 2.56 bits per heavy atom. The summed E-state index contributed by atoms with van der Waals surface area (Å²) < 4.78 is 0. The fourth-order valence-corrected chi connectivity index (χ4v) is 1.30. The molecule has 1 N–H and O–H groups in total. The van der Waals surface area contributed by atoms with Crippen molar-refractivity contribution in [1.29, 1.82) is 0 Å². The van der Waals surface area contributed by atoms with Crippen LogP contribution in [0, 0.1) is 5.92 Å². The number of rotatable bonds is 1. The molecule has 0 amide bonds. The van der Waals surface area contributed by atoms with Crippen molar-refractivity contribution in [3.05, 3.63) is 0 Å². The average Bonchev–Trinajstić information content (AvgIpc) is 1.89.